The zero-order valence-electron chi connectivity index (χ0n) is 15.2. The second-order valence-corrected chi connectivity index (χ2v) is 7.59. The Balaban J connectivity index is 1.50. The summed E-state index contributed by atoms with van der Waals surface area (Å²) >= 11 is 1.63. The van der Waals surface area contributed by atoms with E-state index in [0.29, 0.717) is 12.1 Å². The molecular formula is C21H20N4OS. The van der Waals surface area contributed by atoms with Gasteiger partial charge in [0.15, 0.2) is 0 Å². The van der Waals surface area contributed by atoms with Crippen molar-refractivity contribution in [2.45, 2.75) is 19.5 Å². The van der Waals surface area contributed by atoms with Gasteiger partial charge in [-0.1, -0.05) is 42.5 Å². The number of amides is 1. The van der Waals surface area contributed by atoms with Gasteiger partial charge in [-0.25, -0.2) is 4.98 Å². The first-order valence-electron chi connectivity index (χ1n) is 8.81. The van der Waals surface area contributed by atoms with E-state index >= 15 is 0 Å². The minimum absolute atomic E-state index is 0.0546. The second kappa shape index (κ2) is 7.32. The fraction of sp³-hybridized carbons (Fsp3) is 0.190. The van der Waals surface area contributed by atoms with Crippen molar-refractivity contribution in [2.75, 3.05) is 7.05 Å². The normalized spacial score (nSPS) is 12.2. The third kappa shape index (κ3) is 3.61. The average molecular weight is 376 g/mol. The van der Waals surface area contributed by atoms with Gasteiger partial charge in [0, 0.05) is 13.2 Å². The fourth-order valence-corrected chi connectivity index (χ4v) is 4.01. The van der Waals surface area contributed by atoms with Crippen molar-refractivity contribution in [3.05, 3.63) is 83.1 Å². The Kier molecular flexibility index (Phi) is 4.73. The molecule has 2 aromatic heterocycles. The van der Waals surface area contributed by atoms with Crippen molar-refractivity contribution in [1.82, 2.24) is 19.7 Å². The molecule has 1 atom stereocenters. The van der Waals surface area contributed by atoms with Crippen molar-refractivity contribution < 1.29 is 4.79 Å². The molecule has 5 nitrogen and oxygen atoms in total. The number of hydrogen-bond acceptors (Lipinski definition) is 4. The zero-order chi connectivity index (χ0) is 18.8. The van der Waals surface area contributed by atoms with Crippen LogP contribution in [0, 0.1) is 0 Å². The van der Waals surface area contributed by atoms with Crippen molar-refractivity contribution in [3.8, 4) is 0 Å². The molecule has 1 amide bonds. The highest BCUT2D eigenvalue weighted by atomic mass is 32.1. The molecule has 0 N–H and O–H groups in total. The van der Waals surface area contributed by atoms with Crippen LogP contribution in [0.1, 0.15) is 33.9 Å². The van der Waals surface area contributed by atoms with E-state index in [1.54, 1.807) is 33.3 Å². The summed E-state index contributed by atoms with van der Waals surface area (Å²) < 4.78 is 2.93. The number of para-hydroxylation sites is 1. The van der Waals surface area contributed by atoms with E-state index in [4.69, 9.17) is 0 Å². The third-order valence-corrected chi connectivity index (χ3v) is 5.84. The van der Waals surface area contributed by atoms with E-state index in [0.717, 1.165) is 20.8 Å². The minimum atomic E-state index is -0.104. The molecule has 0 spiro atoms. The topological polar surface area (TPSA) is 51.0 Å². The van der Waals surface area contributed by atoms with E-state index in [1.165, 1.54) is 0 Å². The van der Waals surface area contributed by atoms with Gasteiger partial charge in [0.05, 0.1) is 34.6 Å². The first-order chi connectivity index (χ1) is 13.1. The number of hydrogen-bond donors (Lipinski definition) is 0. The Hall–Kier alpha value is -2.99. The Morgan fingerprint density at radius 1 is 1.15 bits per heavy atom. The van der Waals surface area contributed by atoms with Crippen LogP contribution >= 0.6 is 11.3 Å². The largest absolute Gasteiger partial charge is 0.332 e. The molecule has 0 unspecified atom stereocenters. The quantitative estimate of drug-likeness (QED) is 0.519. The van der Waals surface area contributed by atoms with Gasteiger partial charge in [-0.3, -0.25) is 9.48 Å². The van der Waals surface area contributed by atoms with Crippen LogP contribution in [-0.2, 0) is 6.54 Å². The molecule has 6 heteroatoms. The summed E-state index contributed by atoms with van der Waals surface area (Å²) in [4.78, 5) is 19.3. The van der Waals surface area contributed by atoms with Crippen molar-refractivity contribution in [1.29, 1.82) is 0 Å². The van der Waals surface area contributed by atoms with Crippen molar-refractivity contribution >= 4 is 27.5 Å². The van der Waals surface area contributed by atoms with Gasteiger partial charge in [0.2, 0.25) is 0 Å². The average Bonchev–Trinajstić information content (AvgIpc) is 3.34. The molecule has 4 rings (SSSR count). The van der Waals surface area contributed by atoms with E-state index in [1.807, 2.05) is 62.5 Å². The predicted molar refractivity (Wildman–Crippen MR) is 108 cm³/mol. The molecule has 27 heavy (non-hydrogen) atoms. The first kappa shape index (κ1) is 17.4. The summed E-state index contributed by atoms with van der Waals surface area (Å²) in [6.07, 6.45) is 3.43. The molecule has 0 saturated heterocycles. The molecule has 0 fully saturated rings. The smallest absolute Gasteiger partial charge is 0.257 e. The van der Waals surface area contributed by atoms with Crippen molar-refractivity contribution in [3.63, 3.8) is 0 Å². The Labute approximate surface area is 161 Å². The van der Waals surface area contributed by atoms with Crippen LogP contribution < -0.4 is 0 Å². The first-order valence-corrected chi connectivity index (χ1v) is 9.62. The molecule has 0 aliphatic heterocycles. The maximum absolute atomic E-state index is 12.9. The van der Waals surface area contributed by atoms with Gasteiger partial charge in [0.1, 0.15) is 5.01 Å². The summed E-state index contributed by atoms with van der Waals surface area (Å²) in [5, 5.41) is 5.27. The molecule has 4 aromatic rings. The summed E-state index contributed by atoms with van der Waals surface area (Å²) in [7, 11) is 1.81. The van der Waals surface area contributed by atoms with E-state index in [2.05, 4.69) is 16.1 Å². The van der Waals surface area contributed by atoms with Crippen LogP contribution in [0.3, 0.4) is 0 Å². The standard InChI is InChI=1S/C21H20N4OS/c1-15(20-23-18-10-6-7-11-19(18)27-20)24(2)21(26)17-12-22-25(14-17)13-16-8-4-3-5-9-16/h3-12,14-15H,13H2,1-2H3/t15-/m0/s1. The van der Waals surface area contributed by atoms with Gasteiger partial charge >= 0.3 is 0 Å². The lowest BCUT2D eigenvalue weighted by atomic mass is 10.2. The van der Waals surface area contributed by atoms with Crippen molar-refractivity contribution in [2.24, 2.45) is 0 Å². The van der Waals surface area contributed by atoms with Crippen LogP contribution in [-0.4, -0.2) is 32.6 Å². The lowest BCUT2D eigenvalue weighted by Crippen LogP contribution is -2.29. The summed E-state index contributed by atoms with van der Waals surface area (Å²) in [5.41, 5.74) is 2.71. The molecule has 0 aliphatic carbocycles. The van der Waals surface area contributed by atoms with E-state index < -0.39 is 0 Å². The molecule has 0 aliphatic rings. The number of thiazole rings is 1. The Morgan fingerprint density at radius 2 is 1.89 bits per heavy atom. The molecule has 2 heterocycles. The number of carbonyl (C=O) groups excluding carboxylic acids is 1. The third-order valence-electron chi connectivity index (χ3n) is 4.64. The second-order valence-electron chi connectivity index (χ2n) is 6.52. The van der Waals surface area contributed by atoms with Gasteiger partial charge in [-0.15, -0.1) is 11.3 Å². The van der Waals surface area contributed by atoms with Crippen LogP contribution in [0.4, 0.5) is 0 Å². The minimum Gasteiger partial charge on any atom is -0.332 e. The zero-order valence-corrected chi connectivity index (χ0v) is 16.1. The number of nitrogens with zero attached hydrogens (tertiary/aromatic N) is 4. The maximum atomic E-state index is 12.9. The summed E-state index contributed by atoms with van der Waals surface area (Å²) in [5.74, 6) is -0.0546. The Bertz CT molecular complexity index is 1040. The lowest BCUT2D eigenvalue weighted by Gasteiger charge is -2.22. The van der Waals surface area contributed by atoms with Gasteiger partial charge in [0.25, 0.3) is 5.91 Å². The van der Waals surface area contributed by atoms with Gasteiger partial charge in [-0.2, -0.15) is 5.10 Å². The van der Waals surface area contributed by atoms with Crippen LogP contribution in [0.5, 0.6) is 0 Å². The molecule has 2 aromatic carbocycles. The highest BCUT2D eigenvalue weighted by molar-refractivity contribution is 7.18. The highest BCUT2D eigenvalue weighted by Gasteiger charge is 2.22. The van der Waals surface area contributed by atoms with E-state index in [9.17, 15) is 4.79 Å². The summed E-state index contributed by atoms with van der Waals surface area (Å²) in [6.45, 7) is 2.65. The number of rotatable bonds is 5. The summed E-state index contributed by atoms with van der Waals surface area (Å²) in [6, 6.07) is 18.0. The van der Waals surface area contributed by atoms with Crippen LogP contribution in [0.15, 0.2) is 67.0 Å². The predicted octanol–water partition coefficient (Wildman–Crippen LogP) is 4.37. The molecule has 0 saturated carbocycles. The number of aromatic nitrogens is 3. The van der Waals surface area contributed by atoms with Gasteiger partial charge < -0.3 is 4.90 Å². The van der Waals surface area contributed by atoms with E-state index in [-0.39, 0.29) is 11.9 Å². The number of fused-ring (bicyclic) bond motifs is 1. The SMILES string of the molecule is C[C@@H](c1nc2ccccc2s1)N(C)C(=O)c1cnn(Cc2ccccc2)c1. The fourth-order valence-electron chi connectivity index (χ4n) is 2.94. The lowest BCUT2D eigenvalue weighted by molar-refractivity contribution is 0.0742. The molecule has 0 radical (unpaired) electrons. The van der Waals surface area contributed by atoms with Gasteiger partial charge in [-0.05, 0) is 24.6 Å². The number of carbonyl (C=O) groups is 1. The molecule has 0 bridgehead atoms. The number of benzene rings is 2. The maximum Gasteiger partial charge on any atom is 0.257 e. The molecule has 136 valence electrons. The van der Waals surface area contributed by atoms with Crippen LogP contribution in [0.25, 0.3) is 10.2 Å². The highest BCUT2D eigenvalue weighted by Crippen LogP contribution is 2.29. The Morgan fingerprint density at radius 3 is 2.67 bits per heavy atom. The molecular weight excluding hydrogens is 356 g/mol. The van der Waals surface area contributed by atoms with Crippen LogP contribution in [0.2, 0.25) is 0 Å². The monoisotopic (exact) mass is 376 g/mol.